The minimum atomic E-state index is -0.509. The Hall–Kier alpha value is -2.41. The summed E-state index contributed by atoms with van der Waals surface area (Å²) in [6.07, 6.45) is 2.43. The Kier molecular flexibility index (Phi) is 4.89. The third-order valence-electron chi connectivity index (χ3n) is 2.38. The SMILES string of the molecule is CCOc1n[nH]c(NC(=O)/C=C/c2c(F)cccc2Cl)n1. The highest BCUT2D eigenvalue weighted by Gasteiger charge is 2.07. The molecule has 2 aromatic rings. The number of carbonyl (C=O) groups is 1. The number of rotatable bonds is 5. The van der Waals surface area contributed by atoms with Gasteiger partial charge in [0.1, 0.15) is 5.82 Å². The first-order valence-corrected chi connectivity index (χ1v) is 6.46. The first-order chi connectivity index (χ1) is 10.1. The lowest BCUT2D eigenvalue weighted by Crippen LogP contribution is -2.09. The summed E-state index contributed by atoms with van der Waals surface area (Å²) in [7, 11) is 0. The lowest BCUT2D eigenvalue weighted by atomic mass is 10.2. The first kappa shape index (κ1) is 15.0. The second kappa shape index (κ2) is 6.85. The molecule has 0 saturated heterocycles. The van der Waals surface area contributed by atoms with Crippen molar-refractivity contribution in [1.29, 1.82) is 0 Å². The highest BCUT2D eigenvalue weighted by atomic mass is 35.5. The second-order valence-electron chi connectivity index (χ2n) is 3.86. The molecule has 1 heterocycles. The summed E-state index contributed by atoms with van der Waals surface area (Å²) in [5, 5.41) is 8.87. The average molecular weight is 311 g/mol. The molecular formula is C13H12ClFN4O2. The van der Waals surface area contributed by atoms with E-state index in [0.29, 0.717) is 6.61 Å². The van der Waals surface area contributed by atoms with Gasteiger partial charge in [-0.3, -0.25) is 10.1 Å². The molecule has 8 heteroatoms. The fourth-order valence-electron chi connectivity index (χ4n) is 1.48. The molecule has 0 unspecified atom stereocenters. The number of hydrogen-bond donors (Lipinski definition) is 2. The summed E-state index contributed by atoms with van der Waals surface area (Å²) in [6, 6.07) is 4.41. The lowest BCUT2D eigenvalue weighted by molar-refractivity contribution is -0.111. The van der Waals surface area contributed by atoms with Crippen molar-refractivity contribution >= 4 is 29.5 Å². The zero-order valence-electron chi connectivity index (χ0n) is 11.1. The van der Waals surface area contributed by atoms with Crippen LogP contribution in [0.15, 0.2) is 24.3 Å². The maximum Gasteiger partial charge on any atom is 0.337 e. The number of nitrogens with one attached hydrogen (secondary N) is 2. The number of aromatic amines is 1. The zero-order valence-corrected chi connectivity index (χ0v) is 11.8. The quantitative estimate of drug-likeness (QED) is 0.832. The summed E-state index contributed by atoms with van der Waals surface area (Å²) in [5.74, 6) is -0.883. The number of anilines is 1. The van der Waals surface area contributed by atoms with Gasteiger partial charge in [-0.2, -0.15) is 4.98 Å². The molecule has 1 aromatic heterocycles. The average Bonchev–Trinajstić information content (AvgIpc) is 2.86. The molecule has 0 spiro atoms. The molecular weight excluding hydrogens is 299 g/mol. The maximum atomic E-state index is 13.5. The van der Waals surface area contributed by atoms with Crippen LogP contribution < -0.4 is 10.1 Å². The van der Waals surface area contributed by atoms with E-state index in [9.17, 15) is 9.18 Å². The summed E-state index contributed by atoms with van der Waals surface area (Å²) in [4.78, 5) is 15.6. The van der Waals surface area contributed by atoms with Crippen molar-refractivity contribution < 1.29 is 13.9 Å². The predicted octanol–water partition coefficient (Wildman–Crippen LogP) is 2.65. The molecule has 0 radical (unpaired) electrons. The number of ether oxygens (including phenoxy) is 1. The minimum Gasteiger partial charge on any atom is -0.463 e. The Labute approximate surface area is 125 Å². The number of carbonyl (C=O) groups excluding carboxylic acids is 1. The Morgan fingerprint density at radius 2 is 2.38 bits per heavy atom. The molecule has 2 N–H and O–H groups in total. The highest BCUT2D eigenvalue weighted by molar-refractivity contribution is 6.32. The van der Waals surface area contributed by atoms with E-state index in [0.717, 1.165) is 6.08 Å². The Morgan fingerprint density at radius 1 is 1.57 bits per heavy atom. The maximum absolute atomic E-state index is 13.5. The first-order valence-electron chi connectivity index (χ1n) is 6.08. The van der Waals surface area contributed by atoms with Crippen LogP contribution in [0.3, 0.4) is 0 Å². The van der Waals surface area contributed by atoms with E-state index in [-0.39, 0.29) is 22.5 Å². The van der Waals surface area contributed by atoms with Crippen LogP contribution in [0.5, 0.6) is 6.01 Å². The molecule has 21 heavy (non-hydrogen) atoms. The van der Waals surface area contributed by atoms with Gasteiger partial charge in [-0.1, -0.05) is 17.7 Å². The van der Waals surface area contributed by atoms with Crippen molar-refractivity contribution in [3.05, 3.63) is 40.7 Å². The van der Waals surface area contributed by atoms with Gasteiger partial charge in [0.05, 0.1) is 11.6 Å². The summed E-state index contributed by atoms with van der Waals surface area (Å²) < 4.78 is 18.5. The van der Waals surface area contributed by atoms with Crippen LogP contribution in [0.4, 0.5) is 10.3 Å². The number of aromatic nitrogens is 3. The molecule has 1 amide bonds. The summed E-state index contributed by atoms with van der Waals surface area (Å²) in [6.45, 7) is 2.20. The topological polar surface area (TPSA) is 79.9 Å². The molecule has 0 aliphatic heterocycles. The van der Waals surface area contributed by atoms with Gasteiger partial charge in [0.15, 0.2) is 0 Å². The van der Waals surface area contributed by atoms with Crippen molar-refractivity contribution in [1.82, 2.24) is 15.2 Å². The Morgan fingerprint density at radius 3 is 3.10 bits per heavy atom. The monoisotopic (exact) mass is 310 g/mol. The van der Waals surface area contributed by atoms with E-state index in [2.05, 4.69) is 20.5 Å². The van der Waals surface area contributed by atoms with E-state index >= 15 is 0 Å². The van der Waals surface area contributed by atoms with E-state index < -0.39 is 11.7 Å². The number of amides is 1. The Balaban J connectivity index is 2.02. The number of H-pyrrole nitrogens is 1. The predicted molar refractivity (Wildman–Crippen MR) is 76.6 cm³/mol. The smallest absolute Gasteiger partial charge is 0.337 e. The lowest BCUT2D eigenvalue weighted by Gasteiger charge is -1.99. The van der Waals surface area contributed by atoms with Crippen LogP contribution in [-0.2, 0) is 4.79 Å². The number of benzene rings is 1. The van der Waals surface area contributed by atoms with Gasteiger partial charge < -0.3 is 4.74 Å². The van der Waals surface area contributed by atoms with Crippen molar-refractivity contribution in [3.63, 3.8) is 0 Å². The zero-order chi connectivity index (χ0) is 15.2. The highest BCUT2D eigenvalue weighted by Crippen LogP contribution is 2.20. The molecule has 0 fully saturated rings. The van der Waals surface area contributed by atoms with Crippen molar-refractivity contribution in [2.24, 2.45) is 0 Å². The molecule has 1 aromatic carbocycles. The van der Waals surface area contributed by atoms with Gasteiger partial charge in [-0.05, 0) is 25.1 Å². The fraction of sp³-hybridized carbons (Fsp3) is 0.154. The van der Waals surface area contributed by atoms with Crippen LogP contribution in [0.25, 0.3) is 6.08 Å². The standard InChI is InChI=1S/C13H12ClFN4O2/c1-2-21-13-17-12(18-19-13)16-11(20)7-6-8-9(14)4-3-5-10(8)15/h3-7H,2H2,1H3,(H2,16,17,18,19,20)/b7-6+. The molecule has 2 rings (SSSR count). The van der Waals surface area contributed by atoms with E-state index in [1.807, 2.05) is 0 Å². The van der Waals surface area contributed by atoms with Gasteiger partial charge >= 0.3 is 6.01 Å². The minimum absolute atomic E-state index is 0.132. The van der Waals surface area contributed by atoms with Crippen LogP contribution >= 0.6 is 11.6 Å². The van der Waals surface area contributed by atoms with Gasteiger partial charge in [-0.25, -0.2) is 9.49 Å². The molecule has 0 saturated carbocycles. The molecule has 110 valence electrons. The normalized spacial score (nSPS) is 10.8. The van der Waals surface area contributed by atoms with E-state index in [1.54, 1.807) is 6.92 Å². The number of hydrogen-bond acceptors (Lipinski definition) is 4. The summed E-state index contributed by atoms with van der Waals surface area (Å²) in [5.41, 5.74) is 0.141. The van der Waals surface area contributed by atoms with Crippen LogP contribution in [0.1, 0.15) is 12.5 Å². The molecule has 0 aliphatic carbocycles. The Bertz CT molecular complexity index is 652. The molecule has 6 nitrogen and oxygen atoms in total. The fourth-order valence-corrected chi connectivity index (χ4v) is 1.71. The largest absolute Gasteiger partial charge is 0.463 e. The van der Waals surface area contributed by atoms with E-state index in [4.69, 9.17) is 16.3 Å². The van der Waals surface area contributed by atoms with Crippen molar-refractivity contribution in [2.45, 2.75) is 6.92 Å². The van der Waals surface area contributed by atoms with Crippen LogP contribution in [-0.4, -0.2) is 27.7 Å². The molecule has 0 bridgehead atoms. The summed E-state index contributed by atoms with van der Waals surface area (Å²) >= 11 is 5.84. The third-order valence-corrected chi connectivity index (χ3v) is 2.71. The second-order valence-corrected chi connectivity index (χ2v) is 4.26. The number of nitrogens with zero attached hydrogens (tertiary/aromatic N) is 2. The third kappa shape index (κ3) is 4.03. The van der Waals surface area contributed by atoms with Crippen molar-refractivity contribution in [2.75, 3.05) is 11.9 Å². The van der Waals surface area contributed by atoms with Gasteiger partial charge in [0.25, 0.3) is 5.91 Å². The van der Waals surface area contributed by atoms with Crippen molar-refractivity contribution in [3.8, 4) is 6.01 Å². The van der Waals surface area contributed by atoms with Crippen LogP contribution in [0, 0.1) is 5.82 Å². The number of halogens is 2. The van der Waals surface area contributed by atoms with Gasteiger partial charge in [0.2, 0.25) is 5.95 Å². The van der Waals surface area contributed by atoms with Gasteiger partial charge in [-0.15, -0.1) is 5.10 Å². The van der Waals surface area contributed by atoms with E-state index in [1.165, 1.54) is 24.3 Å². The molecule has 0 atom stereocenters. The van der Waals surface area contributed by atoms with Crippen LogP contribution in [0.2, 0.25) is 5.02 Å². The molecule has 0 aliphatic rings. The van der Waals surface area contributed by atoms with Gasteiger partial charge in [0, 0.05) is 11.6 Å².